The molecule has 0 fully saturated rings. The third kappa shape index (κ3) is 8.52. The highest BCUT2D eigenvalue weighted by molar-refractivity contribution is 5.79. The van der Waals surface area contributed by atoms with Crippen LogP contribution in [-0.2, 0) is 0 Å². The molecule has 0 rings (SSSR count). The summed E-state index contributed by atoms with van der Waals surface area (Å²) in [6, 6.07) is 0. The Morgan fingerprint density at radius 3 is 2.65 bits per heavy atom. The predicted octanol–water partition coefficient (Wildman–Crippen LogP) is 1.27. The third-order valence-corrected chi connectivity index (χ3v) is 2.41. The van der Waals surface area contributed by atoms with Crippen molar-refractivity contribution in [3.05, 3.63) is 0 Å². The molecule has 0 aliphatic heterocycles. The maximum Gasteiger partial charge on any atom is 0.202 e. The van der Waals surface area contributed by atoms with Crippen LogP contribution in [0.3, 0.4) is 0 Å². The molecule has 0 radical (unpaired) electrons. The second-order valence-corrected chi connectivity index (χ2v) is 4.99. The van der Waals surface area contributed by atoms with E-state index >= 15 is 0 Å². The Balaban J connectivity index is 4.15. The minimum absolute atomic E-state index is 0.180. The van der Waals surface area contributed by atoms with Gasteiger partial charge >= 0.3 is 0 Å². The van der Waals surface area contributed by atoms with Crippen LogP contribution < -0.4 is 11.1 Å². The van der Waals surface area contributed by atoms with Gasteiger partial charge in [-0.15, -0.1) is 0 Å². The van der Waals surface area contributed by atoms with E-state index in [9.17, 15) is 0 Å². The summed E-state index contributed by atoms with van der Waals surface area (Å²) < 4.78 is 0. The van der Waals surface area contributed by atoms with Gasteiger partial charge in [0, 0.05) is 6.54 Å². The molecule has 0 spiro atoms. The van der Waals surface area contributed by atoms with Crippen molar-refractivity contribution in [3.8, 4) is 6.19 Å². The van der Waals surface area contributed by atoms with Gasteiger partial charge in [0.2, 0.25) is 5.96 Å². The number of aliphatic imine (C=N–C) groups is 1. The van der Waals surface area contributed by atoms with Gasteiger partial charge in [0.15, 0.2) is 6.19 Å². The van der Waals surface area contributed by atoms with E-state index in [0.717, 1.165) is 13.1 Å². The molecule has 0 saturated heterocycles. The monoisotopic (exact) mass is 239 g/mol. The molecule has 0 unspecified atom stereocenters. The number of unbranched alkanes of at least 4 members (excludes halogenated alkanes) is 2. The quantitative estimate of drug-likeness (QED) is 0.231. The van der Waals surface area contributed by atoms with Crippen LogP contribution in [0, 0.1) is 11.5 Å². The van der Waals surface area contributed by atoms with Gasteiger partial charge in [0.05, 0.1) is 5.54 Å². The van der Waals surface area contributed by atoms with Crippen molar-refractivity contribution in [2.45, 2.75) is 45.6 Å². The second-order valence-electron chi connectivity index (χ2n) is 4.99. The molecule has 0 saturated carbocycles. The van der Waals surface area contributed by atoms with Gasteiger partial charge in [-0.2, -0.15) is 5.26 Å². The number of nitrogens with zero attached hydrogens (tertiary/aromatic N) is 3. The van der Waals surface area contributed by atoms with Gasteiger partial charge < -0.3 is 10.6 Å². The standard InChI is InChI=1S/C12H25N5/c1-5-6-7-8-17(4)9-12(2,3)16-11(14)15-10-13/h5-9H2,1-4H3,(H3,14,15,16). The summed E-state index contributed by atoms with van der Waals surface area (Å²) in [6.07, 6.45) is 5.46. The number of nitriles is 1. The first-order chi connectivity index (χ1) is 7.91. The molecule has 17 heavy (non-hydrogen) atoms. The van der Waals surface area contributed by atoms with Crippen molar-refractivity contribution in [3.63, 3.8) is 0 Å². The first-order valence-electron chi connectivity index (χ1n) is 6.10. The molecule has 0 atom stereocenters. The van der Waals surface area contributed by atoms with Crippen LogP contribution in [0.2, 0.25) is 0 Å². The lowest BCUT2D eigenvalue weighted by Crippen LogP contribution is -2.39. The lowest BCUT2D eigenvalue weighted by atomic mass is 10.1. The Kier molecular flexibility index (Phi) is 7.31. The van der Waals surface area contributed by atoms with Crippen LogP contribution in [0.4, 0.5) is 0 Å². The lowest BCUT2D eigenvalue weighted by molar-refractivity contribution is 0.266. The maximum absolute atomic E-state index is 8.43. The zero-order valence-corrected chi connectivity index (χ0v) is 11.5. The number of rotatable bonds is 7. The molecular formula is C12H25N5. The van der Waals surface area contributed by atoms with Crippen molar-refractivity contribution in [2.24, 2.45) is 10.7 Å². The van der Waals surface area contributed by atoms with Crippen molar-refractivity contribution >= 4 is 5.96 Å². The SMILES string of the molecule is CCCCCN(C)CC(C)(C)N=C(N)NC#N. The Labute approximate surface area is 105 Å². The zero-order chi connectivity index (χ0) is 13.3. The van der Waals surface area contributed by atoms with Gasteiger partial charge in [-0.05, 0) is 33.9 Å². The highest BCUT2D eigenvalue weighted by atomic mass is 15.2. The molecule has 0 heterocycles. The summed E-state index contributed by atoms with van der Waals surface area (Å²) in [4.78, 5) is 6.53. The van der Waals surface area contributed by atoms with E-state index in [1.807, 2.05) is 13.8 Å². The molecule has 3 N–H and O–H groups in total. The van der Waals surface area contributed by atoms with E-state index in [4.69, 9.17) is 11.0 Å². The van der Waals surface area contributed by atoms with E-state index in [2.05, 4.69) is 29.2 Å². The van der Waals surface area contributed by atoms with Gasteiger partial charge in [-0.3, -0.25) is 5.32 Å². The van der Waals surface area contributed by atoms with Crippen molar-refractivity contribution in [2.75, 3.05) is 20.1 Å². The Hall–Kier alpha value is -1.28. The molecular weight excluding hydrogens is 214 g/mol. The third-order valence-electron chi connectivity index (χ3n) is 2.41. The fourth-order valence-corrected chi connectivity index (χ4v) is 1.82. The normalized spacial score (nSPS) is 12.6. The van der Waals surface area contributed by atoms with Crippen LogP contribution in [0.1, 0.15) is 40.0 Å². The molecule has 0 aromatic heterocycles. The minimum Gasteiger partial charge on any atom is -0.369 e. The second kappa shape index (κ2) is 7.91. The van der Waals surface area contributed by atoms with Crippen molar-refractivity contribution in [1.82, 2.24) is 10.2 Å². The van der Waals surface area contributed by atoms with Gasteiger partial charge in [-0.25, -0.2) is 4.99 Å². The van der Waals surface area contributed by atoms with E-state index in [1.54, 1.807) is 6.19 Å². The van der Waals surface area contributed by atoms with Crippen molar-refractivity contribution in [1.29, 1.82) is 5.26 Å². The molecule has 5 heteroatoms. The average Bonchev–Trinajstić information content (AvgIpc) is 2.16. The van der Waals surface area contributed by atoms with Gasteiger partial charge in [-0.1, -0.05) is 19.8 Å². The fourth-order valence-electron chi connectivity index (χ4n) is 1.82. The highest BCUT2D eigenvalue weighted by Crippen LogP contribution is 2.11. The number of nitrogens with two attached hydrogens (primary N) is 1. The summed E-state index contributed by atoms with van der Waals surface area (Å²) in [5.74, 6) is 0.180. The fraction of sp³-hybridized carbons (Fsp3) is 0.833. The number of hydrogen-bond acceptors (Lipinski definition) is 3. The maximum atomic E-state index is 8.43. The largest absolute Gasteiger partial charge is 0.369 e. The highest BCUT2D eigenvalue weighted by Gasteiger charge is 2.19. The van der Waals surface area contributed by atoms with Crippen LogP contribution in [0.5, 0.6) is 0 Å². The van der Waals surface area contributed by atoms with Crippen LogP contribution in [0.25, 0.3) is 0 Å². The summed E-state index contributed by atoms with van der Waals surface area (Å²) >= 11 is 0. The van der Waals surface area contributed by atoms with Crippen LogP contribution in [0.15, 0.2) is 4.99 Å². The Morgan fingerprint density at radius 1 is 1.47 bits per heavy atom. The summed E-state index contributed by atoms with van der Waals surface area (Å²) in [5, 5.41) is 10.8. The number of likely N-dealkylation sites (N-methyl/N-ethyl adjacent to an activating group) is 1. The molecule has 0 aromatic carbocycles. The van der Waals surface area contributed by atoms with E-state index < -0.39 is 0 Å². The van der Waals surface area contributed by atoms with Gasteiger partial charge in [0.1, 0.15) is 0 Å². The molecule has 0 aliphatic rings. The van der Waals surface area contributed by atoms with Gasteiger partial charge in [0.25, 0.3) is 0 Å². The average molecular weight is 239 g/mol. The summed E-state index contributed by atoms with van der Waals surface area (Å²) in [6.45, 7) is 8.11. The number of nitrogens with one attached hydrogen (secondary N) is 1. The first-order valence-corrected chi connectivity index (χ1v) is 6.10. The zero-order valence-electron chi connectivity index (χ0n) is 11.5. The van der Waals surface area contributed by atoms with Crippen LogP contribution in [-0.4, -0.2) is 36.5 Å². The number of hydrogen-bond donors (Lipinski definition) is 2. The topological polar surface area (TPSA) is 77.4 Å². The smallest absolute Gasteiger partial charge is 0.202 e. The van der Waals surface area contributed by atoms with E-state index in [1.165, 1.54) is 19.3 Å². The lowest BCUT2D eigenvalue weighted by Gasteiger charge is -2.27. The Bertz CT molecular complexity index is 277. The molecule has 0 aromatic rings. The predicted molar refractivity (Wildman–Crippen MR) is 71.5 cm³/mol. The van der Waals surface area contributed by atoms with E-state index in [0.29, 0.717) is 0 Å². The molecule has 5 nitrogen and oxygen atoms in total. The summed E-state index contributed by atoms with van der Waals surface area (Å²) in [5.41, 5.74) is 5.28. The molecule has 0 aliphatic carbocycles. The minimum atomic E-state index is -0.283. The molecule has 0 bridgehead atoms. The summed E-state index contributed by atoms with van der Waals surface area (Å²) in [7, 11) is 2.08. The van der Waals surface area contributed by atoms with Crippen molar-refractivity contribution < 1.29 is 0 Å². The van der Waals surface area contributed by atoms with Crippen LogP contribution >= 0.6 is 0 Å². The molecule has 98 valence electrons. The van der Waals surface area contributed by atoms with E-state index in [-0.39, 0.29) is 11.5 Å². The first kappa shape index (κ1) is 15.7. The Morgan fingerprint density at radius 2 is 2.12 bits per heavy atom. The molecule has 0 amide bonds. The number of guanidine groups is 1.